The van der Waals surface area contributed by atoms with Gasteiger partial charge in [0.15, 0.2) is 4.34 Å². The molecule has 0 radical (unpaired) electrons. The number of nitrogens with one attached hydrogen (secondary N) is 1. The predicted octanol–water partition coefficient (Wildman–Crippen LogP) is 4.43. The second-order valence-electron chi connectivity index (χ2n) is 4.18. The van der Waals surface area contributed by atoms with Crippen LogP contribution in [0.15, 0.2) is 45.3 Å². The molecule has 2 heterocycles. The van der Waals surface area contributed by atoms with Crippen molar-refractivity contribution < 1.29 is 4.79 Å². The van der Waals surface area contributed by atoms with Crippen LogP contribution in [0.2, 0.25) is 0 Å². The van der Waals surface area contributed by atoms with Crippen molar-refractivity contribution in [3.63, 3.8) is 0 Å². The standard InChI is InChI=1S/C14H10BrN3OS2/c1-20-14-18-10-5-3-9(6-12(10)21-14)17-13(19)11-4-2-8(15)7-16-11/h2-7H,1H3,(H,17,19). The topological polar surface area (TPSA) is 54.9 Å². The van der Waals surface area contributed by atoms with Crippen molar-refractivity contribution in [2.45, 2.75) is 4.34 Å². The van der Waals surface area contributed by atoms with Crippen LogP contribution in [0, 0.1) is 0 Å². The number of carbonyl (C=O) groups is 1. The Morgan fingerprint density at radius 2 is 2.19 bits per heavy atom. The number of hydrogen-bond donors (Lipinski definition) is 1. The zero-order chi connectivity index (χ0) is 14.8. The van der Waals surface area contributed by atoms with Gasteiger partial charge in [-0.3, -0.25) is 4.79 Å². The summed E-state index contributed by atoms with van der Waals surface area (Å²) in [5, 5.41) is 2.85. The van der Waals surface area contributed by atoms with Crippen LogP contribution in [0.25, 0.3) is 10.2 Å². The molecule has 0 saturated carbocycles. The Labute approximate surface area is 138 Å². The van der Waals surface area contributed by atoms with Crippen molar-refractivity contribution in [3.8, 4) is 0 Å². The summed E-state index contributed by atoms with van der Waals surface area (Å²) in [6.07, 6.45) is 3.60. The lowest BCUT2D eigenvalue weighted by Gasteiger charge is -2.04. The van der Waals surface area contributed by atoms with Gasteiger partial charge in [-0.05, 0) is 52.5 Å². The zero-order valence-electron chi connectivity index (χ0n) is 11.0. The average molecular weight is 380 g/mol. The maximum absolute atomic E-state index is 12.1. The Morgan fingerprint density at radius 1 is 1.33 bits per heavy atom. The van der Waals surface area contributed by atoms with Crippen LogP contribution in [0.3, 0.4) is 0 Å². The lowest BCUT2D eigenvalue weighted by Crippen LogP contribution is -2.13. The number of fused-ring (bicyclic) bond motifs is 1. The molecular weight excluding hydrogens is 370 g/mol. The van der Waals surface area contributed by atoms with E-state index in [0.29, 0.717) is 5.69 Å². The number of halogens is 1. The van der Waals surface area contributed by atoms with Gasteiger partial charge in [-0.15, -0.1) is 11.3 Å². The molecule has 0 bridgehead atoms. The first-order valence-corrected chi connectivity index (χ1v) is 8.86. The van der Waals surface area contributed by atoms with Crippen LogP contribution in [0.4, 0.5) is 5.69 Å². The number of anilines is 1. The summed E-state index contributed by atoms with van der Waals surface area (Å²) in [7, 11) is 0. The van der Waals surface area contributed by atoms with E-state index in [2.05, 4.69) is 31.2 Å². The SMILES string of the molecule is CSc1nc2ccc(NC(=O)c3ccc(Br)cn3)cc2s1. The van der Waals surface area contributed by atoms with Gasteiger partial charge in [0.05, 0.1) is 10.2 Å². The number of nitrogens with zero attached hydrogens (tertiary/aromatic N) is 2. The molecule has 3 aromatic rings. The van der Waals surface area contributed by atoms with Gasteiger partial charge in [-0.1, -0.05) is 11.8 Å². The van der Waals surface area contributed by atoms with Gasteiger partial charge in [0.1, 0.15) is 5.69 Å². The Bertz CT molecular complexity index is 802. The highest BCUT2D eigenvalue weighted by molar-refractivity contribution is 9.10. The number of thioether (sulfide) groups is 1. The highest BCUT2D eigenvalue weighted by atomic mass is 79.9. The van der Waals surface area contributed by atoms with Gasteiger partial charge in [0.2, 0.25) is 0 Å². The quantitative estimate of drug-likeness (QED) is 0.683. The number of carbonyl (C=O) groups excluding carboxylic acids is 1. The number of aromatic nitrogens is 2. The van der Waals surface area contributed by atoms with Crippen molar-refractivity contribution in [1.29, 1.82) is 0 Å². The molecule has 21 heavy (non-hydrogen) atoms. The average Bonchev–Trinajstić information content (AvgIpc) is 2.90. The van der Waals surface area contributed by atoms with Crippen LogP contribution in [0.5, 0.6) is 0 Å². The Hall–Kier alpha value is -1.44. The van der Waals surface area contributed by atoms with E-state index in [9.17, 15) is 4.79 Å². The number of benzene rings is 1. The van der Waals surface area contributed by atoms with E-state index in [1.807, 2.05) is 24.5 Å². The first kappa shape index (κ1) is 14.5. The number of pyridine rings is 1. The van der Waals surface area contributed by atoms with Crippen LogP contribution in [-0.2, 0) is 0 Å². The molecule has 0 aliphatic heterocycles. The van der Waals surface area contributed by atoms with Gasteiger partial charge in [-0.2, -0.15) is 0 Å². The molecule has 0 aliphatic carbocycles. The van der Waals surface area contributed by atoms with E-state index in [4.69, 9.17) is 0 Å². The lowest BCUT2D eigenvalue weighted by atomic mass is 10.2. The van der Waals surface area contributed by atoms with Gasteiger partial charge in [0, 0.05) is 16.4 Å². The molecule has 2 aromatic heterocycles. The predicted molar refractivity (Wildman–Crippen MR) is 91.3 cm³/mol. The molecule has 7 heteroatoms. The maximum Gasteiger partial charge on any atom is 0.274 e. The molecule has 0 saturated heterocycles. The van der Waals surface area contributed by atoms with Crippen molar-refractivity contribution in [2.75, 3.05) is 11.6 Å². The summed E-state index contributed by atoms with van der Waals surface area (Å²) in [5.41, 5.74) is 2.07. The molecule has 1 aromatic carbocycles. The second kappa shape index (κ2) is 6.13. The van der Waals surface area contributed by atoms with E-state index in [1.54, 1.807) is 41.4 Å². The first-order chi connectivity index (χ1) is 10.2. The van der Waals surface area contributed by atoms with Gasteiger partial charge >= 0.3 is 0 Å². The summed E-state index contributed by atoms with van der Waals surface area (Å²) in [6, 6.07) is 9.16. The molecule has 0 spiro atoms. The molecule has 3 rings (SSSR count). The number of rotatable bonds is 3. The fourth-order valence-corrected chi connectivity index (χ4v) is 3.54. The van der Waals surface area contributed by atoms with E-state index < -0.39 is 0 Å². The molecule has 0 fully saturated rings. The molecule has 1 amide bonds. The summed E-state index contributed by atoms with van der Waals surface area (Å²) >= 11 is 6.53. The van der Waals surface area contributed by atoms with Crippen LogP contribution < -0.4 is 5.32 Å². The number of amides is 1. The normalized spacial score (nSPS) is 10.8. The number of hydrogen-bond acceptors (Lipinski definition) is 5. The fraction of sp³-hybridized carbons (Fsp3) is 0.0714. The summed E-state index contributed by atoms with van der Waals surface area (Å²) < 4.78 is 2.92. The molecule has 106 valence electrons. The summed E-state index contributed by atoms with van der Waals surface area (Å²) in [6.45, 7) is 0. The number of thiazole rings is 1. The molecule has 0 aliphatic rings. The molecule has 0 atom stereocenters. The first-order valence-electron chi connectivity index (χ1n) is 6.03. The lowest BCUT2D eigenvalue weighted by molar-refractivity contribution is 0.102. The summed E-state index contributed by atoms with van der Waals surface area (Å²) in [5.74, 6) is -0.226. The highest BCUT2D eigenvalue weighted by Crippen LogP contribution is 2.30. The van der Waals surface area contributed by atoms with E-state index >= 15 is 0 Å². The van der Waals surface area contributed by atoms with Crippen molar-refractivity contribution in [3.05, 3.63) is 46.7 Å². The van der Waals surface area contributed by atoms with E-state index in [-0.39, 0.29) is 5.91 Å². The molecule has 4 nitrogen and oxygen atoms in total. The van der Waals surface area contributed by atoms with Crippen LogP contribution in [0.1, 0.15) is 10.5 Å². The fourth-order valence-electron chi connectivity index (χ4n) is 1.77. The molecular formula is C14H10BrN3OS2. The van der Waals surface area contributed by atoms with Crippen LogP contribution >= 0.6 is 39.0 Å². The third kappa shape index (κ3) is 3.25. The van der Waals surface area contributed by atoms with Gasteiger partial charge < -0.3 is 5.32 Å². The van der Waals surface area contributed by atoms with E-state index in [1.165, 1.54) is 0 Å². The smallest absolute Gasteiger partial charge is 0.274 e. The van der Waals surface area contributed by atoms with Crippen molar-refractivity contribution >= 4 is 60.8 Å². The van der Waals surface area contributed by atoms with Crippen molar-refractivity contribution in [2.24, 2.45) is 0 Å². The van der Waals surface area contributed by atoms with Gasteiger partial charge in [0.25, 0.3) is 5.91 Å². The highest BCUT2D eigenvalue weighted by Gasteiger charge is 2.09. The molecule has 0 unspecified atom stereocenters. The Morgan fingerprint density at radius 3 is 2.90 bits per heavy atom. The monoisotopic (exact) mass is 379 g/mol. The second-order valence-corrected chi connectivity index (χ2v) is 7.18. The minimum Gasteiger partial charge on any atom is -0.321 e. The van der Waals surface area contributed by atoms with E-state index in [0.717, 1.165) is 24.7 Å². The van der Waals surface area contributed by atoms with Crippen LogP contribution in [-0.4, -0.2) is 22.1 Å². The zero-order valence-corrected chi connectivity index (χ0v) is 14.2. The third-order valence-electron chi connectivity index (χ3n) is 2.76. The largest absolute Gasteiger partial charge is 0.321 e. The minimum atomic E-state index is -0.226. The summed E-state index contributed by atoms with van der Waals surface area (Å²) in [4.78, 5) is 20.7. The molecule has 1 N–H and O–H groups in total. The van der Waals surface area contributed by atoms with Gasteiger partial charge in [-0.25, -0.2) is 9.97 Å². The Kier molecular flexibility index (Phi) is 4.23. The maximum atomic E-state index is 12.1. The third-order valence-corrected chi connectivity index (χ3v) is 5.23. The Balaban J connectivity index is 1.83. The minimum absolute atomic E-state index is 0.226. The van der Waals surface area contributed by atoms with Crippen molar-refractivity contribution in [1.82, 2.24) is 9.97 Å².